The smallest absolute Gasteiger partial charge is 0.285 e. The minimum atomic E-state index is -3.68. The summed E-state index contributed by atoms with van der Waals surface area (Å²) in [5, 5.41) is 10.2. The molecule has 3 rings (SSSR count). The summed E-state index contributed by atoms with van der Waals surface area (Å²) in [4.78, 5) is 12.2. The molecule has 7 heteroatoms. The summed E-state index contributed by atoms with van der Waals surface area (Å²) in [6.45, 7) is 0.719. The third-order valence-corrected chi connectivity index (χ3v) is 4.99. The van der Waals surface area contributed by atoms with Gasteiger partial charge >= 0.3 is 0 Å². The highest BCUT2D eigenvalue weighted by Crippen LogP contribution is 2.10. The van der Waals surface area contributed by atoms with Gasteiger partial charge in [0.05, 0.1) is 4.90 Å². The lowest BCUT2D eigenvalue weighted by molar-refractivity contribution is -0.683. The van der Waals surface area contributed by atoms with Crippen LogP contribution in [0.4, 0.5) is 0 Å². The van der Waals surface area contributed by atoms with Crippen LogP contribution in [0.5, 0.6) is 0 Å². The number of carbonyl (C=O) groups is 1. The topological polar surface area (TPSA) is 93.1 Å². The van der Waals surface area contributed by atoms with Crippen molar-refractivity contribution in [2.45, 2.75) is 17.9 Å². The Hall–Kier alpha value is -2.77. The molecule has 3 N–H and O–H groups in total. The van der Waals surface area contributed by atoms with Crippen molar-refractivity contribution in [1.29, 1.82) is 0 Å². The molecule has 1 amide bonds. The highest BCUT2D eigenvalue weighted by Gasteiger charge is 2.10. The van der Waals surface area contributed by atoms with Gasteiger partial charge in [-0.2, -0.15) is 4.57 Å². The number of hydrogen-bond acceptors (Lipinski definition) is 3. The van der Waals surface area contributed by atoms with E-state index in [2.05, 4.69) is 5.32 Å². The van der Waals surface area contributed by atoms with Crippen LogP contribution in [0, 0.1) is 0 Å². The zero-order valence-electron chi connectivity index (χ0n) is 14.1. The molecule has 0 spiro atoms. The lowest BCUT2D eigenvalue weighted by Gasteiger charge is -2.05. The second-order valence-electron chi connectivity index (χ2n) is 6.04. The average Bonchev–Trinajstić information content (AvgIpc) is 2.61. The Balaban J connectivity index is 1.52. The summed E-state index contributed by atoms with van der Waals surface area (Å²) in [5.74, 6) is -0.0774. The Bertz CT molecular complexity index is 1030. The first kappa shape index (κ1) is 18.0. The predicted molar refractivity (Wildman–Crippen MR) is 98.7 cm³/mol. The minimum absolute atomic E-state index is 0.0774. The number of fused-ring (bicyclic) bond motifs is 1. The zero-order chi connectivity index (χ0) is 18.6. The summed E-state index contributed by atoms with van der Waals surface area (Å²) in [7, 11) is -3.68. The number of amides is 1. The lowest BCUT2D eigenvalue weighted by Crippen LogP contribution is -2.42. The molecule has 134 valence electrons. The van der Waals surface area contributed by atoms with Crippen LogP contribution < -0.4 is 15.0 Å². The third-order valence-electron chi connectivity index (χ3n) is 4.06. The van der Waals surface area contributed by atoms with Gasteiger partial charge in [-0.15, -0.1) is 0 Å². The molecule has 1 aromatic heterocycles. The molecule has 0 saturated carbocycles. The number of nitrogens with two attached hydrogens (primary N) is 1. The molecule has 0 saturated heterocycles. The zero-order valence-corrected chi connectivity index (χ0v) is 14.9. The number of nitrogens with zero attached hydrogens (tertiary/aromatic N) is 1. The fraction of sp³-hybridized carbons (Fsp3) is 0.158. The maximum atomic E-state index is 12.1. The molecule has 0 aliphatic rings. The van der Waals surface area contributed by atoms with E-state index in [-0.39, 0.29) is 17.3 Å². The van der Waals surface area contributed by atoms with E-state index in [9.17, 15) is 13.2 Å². The number of rotatable bonds is 6. The van der Waals surface area contributed by atoms with E-state index < -0.39 is 10.0 Å². The maximum absolute atomic E-state index is 12.1. The Morgan fingerprint density at radius 1 is 1.00 bits per heavy atom. The van der Waals surface area contributed by atoms with Crippen molar-refractivity contribution in [3.8, 4) is 0 Å². The number of primary sulfonamides is 1. The molecule has 0 bridgehead atoms. The van der Waals surface area contributed by atoms with Gasteiger partial charge in [0.15, 0.2) is 12.4 Å². The van der Waals surface area contributed by atoms with Crippen molar-refractivity contribution in [1.82, 2.24) is 5.32 Å². The van der Waals surface area contributed by atoms with E-state index in [0.717, 1.165) is 16.3 Å². The van der Waals surface area contributed by atoms with Gasteiger partial charge < -0.3 is 5.32 Å². The second kappa shape index (κ2) is 7.63. The average molecular weight is 370 g/mol. The first-order chi connectivity index (χ1) is 12.4. The van der Waals surface area contributed by atoms with Gasteiger partial charge in [-0.3, -0.25) is 4.79 Å². The van der Waals surface area contributed by atoms with Gasteiger partial charge in [0.1, 0.15) is 0 Å². The number of carbonyl (C=O) groups excluding carboxylic acids is 1. The highest BCUT2D eigenvalue weighted by atomic mass is 32.2. The summed E-state index contributed by atoms with van der Waals surface area (Å²) in [5.41, 5.74) is 0.927. The summed E-state index contributed by atoms with van der Waals surface area (Å²) >= 11 is 0. The van der Waals surface area contributed by atoms with Crippen LogP contribution in [0.3, 0.4) is 0 Å². The van der Waals surface area contributed by atoms with Crippen LogP contribution in [-0.2, 0) is 27.8 Å². The predicted octanol–water partition coefficient (Wildman–Crippen LogP) is 1.13. The Morgan fingerprint density at radius 2 is 1.69 bits per heavy atom. The SMILES string of the molecule is NS(=O)(=O)c1ccc(CCNC(=O)C[n+]2ccc3ccccc3c2)cc1. The maximum Gasteiger partial charge on any atom is 0.285 e. The number of hydrogen-bond donors (Lipinski definition) is 2. The Kier molecular flexibility index (Phi) is 5.29. The Morgan fingerprint density at radius 3 is 2.38 bits per heavy atom. The number of benzene rings is 2. The molecule has 0 fully saturated rings. The van der Waals surface area contributed by atoms with Crippen molar-refractivity contribution >= 4 is 26.7 Å². The van der Waals surface area contributed by atoms with E-state index in [4.69, 9.17) is 5.14 Å². The summed E-state index contributed by atoms with van der Waals surface area (Å²) < 4.78 is 24.3. The van der Waals surface area contributed by atoms with Gasteiger partial charge in [0.25, 0.3) is 5.91 Å². The van der Waals surface area contributed by atoms with Crippen LogP contribution in [0.25, 0.3) is 10.8 Å². The molecule has 3 aromatic rings. The van der Waals surface area contributed by atoms with Gasteiger partial charge in [-0.05, 0) is 35.6 Å². The van der Waals surface area contributed by atoms with Crippen LogP contribution in [-0.4, -0.2) is 20.9 Å². The normalized spacial score (nSPS) is 11.4. The lowest BCUT2D eigenvalue weighted by atomic mass is 10.1. The molecular formula is C19H20N3O3S+. The van der Waals surface area contributed by atoms with Crippen molar-refractivity contribution in [2.75, 3.05) is 6.54 Å². The van der Waals surface area contributed by atoms with Crippen LogP contribution >= 0.6 is 0 Å². The molecule has 0 aliphatic carbocycles. The molecule has 2 aromatic carbocycles. The molecule has 0 aliphatic heterocycles. The van der Waals surface area contributed by atoms with Crippen molar-refractivity contribution in [3.05, 3.63) is 72.6 Å². The van der Waals surface area contributed by atoms with E-state index in [1.807, 2.05) is 47.3 Å². The van der Waals surface area contributed by atoms with Crippen LogP contribution in [0.1, 0.15) is 5.56 Å². The van der Waals surface area contributed by atoms with Gasteiger partial charge in [-0.25, -0.2) is 13.6 Å². The van der Waals surface area contributed by atoms with Crippen molar-refractivity contribution < 1.29 is 17.8 Å². The number of nitrogens with one attached hydrogen (secondary N) is 1. The first-order valence-corrected chi connectivity index (χ1v) is 9.73. The second-order valence-corrected chi connectivity index (χ2v) is 7.60. The number of aromatic nitrogens is 1. The summed E-state index contributed by atoms with van der Waals surface area (Å²) in [6, 6.07) is 16.3. The van der Waals surface area contributed by atoms with Gasteiger partial charge in [-0.1, -0.05) is 30.3 Å². The molecule has 1 heterocycles. The van der Waals surface area contributed by atoms with E-state index in [1.54, 1.807) is 12.1 Å². The van der Waals surface area contributed by atoms with Gasteiger partial charge in [0.2, 0.25) is 16.6 Å². The van der Waals surface area contributed by atoms with E-state index in [0.29, 0.717) is 13.0 Å². The summed E-state index contributed by atoms with van der Waals surface area (Å²) in [6.07, 6.45) is 4.44. The van der Waals surface area contributed by atoms with Crippen molar-refractivity contribution in [2.24, 2.45) is 5.14 Å². The molecule has 0 radical (unpaired) electrons. The minimum Gasteiger partial charge on any atom is -0.350 e. The quantitative estimate of drug-likeness (QED) is 0.637. The highest BCUT2D eigenvalue weighted by molar-refractivity contribution is 7.89. The fourth-order valence-corrected chi connectivity index (χ4v) is 3.21. The standard InChI is InChI=1S/C19H19N3O3S/c20-26(24,25)18-7-5-15(6-8-18)9-11-21-19(23)14-22-12-10-16-3-1-2-4-17(16)13-22/h1-8,10,12-13H,9,11,14H2,(H2-,20,21,23,24,25)/p+1. The molecule has 0 atom stereocenters. The third kappa shape index (κ3) is 4.65. The fourth-order valence-electron chi connectivity index (χ4n) is 2.69. The first-order valence-electron chi connectivity index (χ1n) is 8.18. The molecule has 0 unspecified atom stereocenters. The van der Waals surface area contributed by atoms with Gasteiger partial charge in [0, 0.05) is 18.0 Å². The van der Waals surface area contributed by atoms with Crippen LogP contribution in [0.15, 0.2) is 71.9 Å². The molecular weight excluding hydrogens is 350 g/mol. The monoisotopic (exact) mass is 370 g/mol. The van der Waals surface area contributed by atoms with Crippen molar-refractivity contribution in [3.63, 3.8) is 0 Å². The van der Waals surface area contributed by atoms with E-state index >= 15 is 0 Å². The molecule has 6 nitrogen and oxygen atoms in total. The number of pyridine rings is 1. The van der Waals surface area contributed by atoms with Crippen LogP contribution in [0.2, 0.25) is 0 Å². The Labute approximate surface area is 152 Å². The number of sulfonamides is 1. The van der Waals surface area contributed by atoms with E-state index in [1.165, 1.54) is 12.1 Å². The molecule has 26 heavy (non-hydrogen) atoms. The largest absolute Gasteiger partial charge is 0.350 e.